The number of nitrogens with zero attached hydrogens (tertiary/aromatic N) is 4. The number of para-hydroxylation sites is 1. The van der Waals surface area contributed by atoms with E-state index in [0.717, 1.165) is 43.7 Å². The highest BCUT2D eigenvalue weighted by Gasteiger charge is 2.20. The molecule has 4 nitrogen and oxygen atoms in total. The molecule has 0 atom stereocenters. The maximum atomic E-state index is 5.25. The van der Waals surface area contributed by atoms with Gasteiger partial charge in [-0.25, -0.2) is 19.9 Å². The van der Waals surface area contributed by atoms with E-state index in [1.807, 2.05) is 35.6 Å². The second-order valence-corrected chi connectivity index (χ2v) is 16.1. The molecule has 0 aliphatic rings. The summed E-state index contributed by atoms with van der Waals surface area (Å²) in [7, 11) is 0. The molecule has 0 fully saturated rings. The van der Waals surface area contributed by atoms with Gasteiger partial charge in [0.05, 0.1) is 10.2 Å². The maximum Gasteiger partial charge on any atom is 0.164 e. The Labute approximate surface area is 316 Å². The minimum absolute atomic E-state index is 0.644. The fourth-order valence-corrected chi connectivity index (χ4v) is 10.9. The van der Waals surface area contributed by atoms with Crippen LogP contribution in [0.2, 0.25) is 0 Å². The summed E-state index contributed by atoms with van der Waals surface area (Å²) in [6, 6.07) is 55.4. The second kappa shape index (κ2) is 12.2. The first kappa shape index (κ1) is 30.5. The molecule has 0 unspecified atom stereocenters. The van der Waals surface area contributed by atoms with Gasteiger partial charge in [0.2, 0.25) is 0 Å². The van der Waals surface area contributed by atoms with Crippen molar-refractivity contribution >= 4 is 84.6 Å². The van der Waals surface area contributed by atoms with Crippen molar-refractivity contribution in [2.75, 3.05) is 0 Å². The highest BCUT2D eigenvalue weighted by Crippen LogP contribution is 2.45. The van der Waals surface area contributed by atoms with Crippen molar-refractivity contribution in [3.63, 3.8) is 0 Å². The van der Waals surface area contributed by atoms with Crippen LogP contribution in [0.15, 0.2) is 158 Å². The van der Waals surface area contributed by atoms with E-state index < -0.39 is 0 Å². The van der Waals surface area contributed by atoms with Gasteiger partial charge in [-0.1, -0.05) is 127 Å². The largest absolute Gasteiger partial charge is 0.236 e. The molecule has 4 heterocycles. The quantitative estimate of drug-likeness (QED) is 0.177. The lowest BCUT2D eigenvalue weighted by Gasteiger charge is -2.11. The average molecular weight is 731 g/mol. The van der Waals surface area contributed by atoms with Gasteiger partial charge in [-0.3, -0.25) is 0 Å². The summed E-state index contributed by atoms with van der Waals surface area (Å²) in [6.07, 6.45) is 0. The summed E-state index contributed by atoms with van der Waals surface area (Å²) >= 11 is 5.38. The van der Waals surface area contributed by atoms with Gasteiger partial charge >= 0.3 is 0 Å². The number of fused-ring (bicyclic) bond motifs is 7. The number of thiophene rings is 2. The van der Waals surface area contributed by atoms with Crippen LogP contribution in [-0.4, -0.2) is 19.9 Å². The van der Waals surface area contributed by atoms with Crippen molar-refractivity contribution in [2.45, 2.75) is 0 Å². The van der Waals surface area contributed by atoms with Crippen LogP contribution < -0.4 is 0 Å². The molecule has 0 N–H and O–H groups in total. The van der Waals surface area contributed by atoms with Crippen LogP contribution in [0.3, 0.4) is 0 Å². The number of rotatable bonds is 5. The molecule has 0 spiro atoms. The van der Waals surface area contributed by atoms with Gasteiger partial charge in [0.25, 0.3) is 0 Å². The fourth-order valence-electron chi connectivity index (χ4n) is 7.33. The van der Waals surface area contributed by atoms with E-state index in [1.165, 1.54) is 45.2 Å². The van der Waals surface area contributed by atoms with E-state index in [1.54, 1.807) is 22.7 Å². The molecule has 0 aliphatic heterocycles. The van der Waals surface area contributed by atoms with Crippen LogP contribution in [0.4, 0.5) is 0 Å². The van der Waals surface area contributed by atoms with Gasteiger partial charge in [0.15, 0.2) is 17.5 Å². The van der Waals surface area contributed by atoms with Gasteiger partial charge < -0.3 is 0 Å². The monoisotopic (exact) mass is 730 g/mol. The lowest BCUT2D eigenvalue weighted by molar-refractivity contribution is 1.08. The van der Waals surface area contributed by atoms with E-state index in [2.05, 4.69) is 133 Å². The van der Waals surface area contributed by atoms with Crippen molar-refractivity contribution in [3.05, 3.63) is 158 Å². The Morgan fingerprint density at radius 2 is 0.925 bits per heavy atom. The minimum atomic E-state index is 0.644. The molecule has 0 aliphatic carbocycles. The van der Waals surface area contributed by atoms with E-state index in [0.29, 0.717) is 17.5 Å². The highest BCUT2D eigenvalue weighted by atomic mass is 32.1. The average Bonchev–Trinajstić information content (AvgIpc) is 3.94. The molecular formula is C46H26N4S3. The van der Waals surface area contributed by atoms with E-state index in [-0.39, 0.29) is 0 Å². The van der Waals surface area contributed by atoms with E-state index in [4.69, 9.17) is 19.9 Å². The van der Waals surface area contributed by atoms with E-state index in [9.17, 15) is 0 Å². The summed E-state index contributed by atoms with van der Waals surface area (Å²) in [4.78, 5) is 20.6. The standard InChI is InChI=1S/C46H26N4S3/c1-2-12-27(13-3-1)43-48-44(29-15-8-14-28(26-29)30-17-9-18-32-31-16-4-6-23-37(31)51-41(30)32)50-45(49-43)34-20-11-25-39-40(34)33-19-10-21-35(42(33)52-39)46-47-36-22-5-7-24-38(36)53-46/h1-26H. The van der Waals surface area contributed by atoms with Crippen LogP contribution in [0.25, 0.3) is 106 Å². The lowest BCUT2D eigenvalue weighted by Crippen LogP contribution is -2.00. The first-order valence-corrected chi connectivity index (χ1v) is 19.8. The molecular weight excluding hydrogens is 705 g/mol. The molecule has 7 heteroatoms. The van der Waals surface area contributed by atoms with Crippen LogP contribution in [0.5, 0.6) is 0 Å². The smallest absolute Gasteiger partial charge is 0.164 e. The van der Waals surface area contributed by atoms with Crippen molar-refractivity contribution in [1.82, 2.24) is 19.9 Å². The molecule has 248 valence electrons. The van der Waals surface area contributed by atoms with E-state index >= 15 is 0 Å². The van der Waals surface area contributed by atoms with Crippen molar-refractivity contribution < 1.29 is 0 Å². The van der Waals surface area contributed by atoms with Gasteiger partial charge in [0, 0.05) is 62.6 Å². The molecule has 53 heavy (non-hydrogen) atoms. The summed E-state index contributed by atoms with van der Waals surface area (Å²) in [6.45, 7) is 0. The van der Waals surface area contributed by atoms with Crippen molar-refractivity contribution in [1.29, 1.82) is 0 Å². The zero-order chi connectivity index (χ0) is 34.9. The Morgan fingerprint density at radius 3 is 1.81 bits per heavy atom. The van der Waals surface area contributed by atoms with Gasteiger partial charge in [-0.05, 0) is 41.5 Å². The van der Waals surface area contributed by atoms with Crippen molar-refractivity contribution in [2.24, 2.45) is 0 Å². The Bertz CT molecular complexity index is 3160. The normalized spacial score (nSPS) is 11.8. The molecule has 0 saturated carbocycles. The predicted octanol–water partition coefficient (Wildman–Crippen LogP) is 13.6. The molecule has 0 bridgehead atoms. The summed E-state index contributed by atoms with van der Waals surface area (Å²) in [5.41, 5.74) is 7.41. The van der Waals surface area contributed by atoms with Crippen LogP contribution >= 0.6 is 34.0 Å². The molecule has 11 aromatic rings. The fraction of sp³-hybridized carbons (Fsp3) is 0. The Kier molecular flexibility index (Phi) is 7.05. The lowest BCUT2D eigenvalue weighted by atomic mass is 10.0. The SMILES string of the molecule is c1ccc(-c2nc(-c3cccc(-c4cccc5c4sc4ccccc45)c3)nc(-c3cccc4sc5c(-c6nc7ccccc7s6)cccc5c34)n2)cc1. The Balaban J connectivity index is 1.10. The van der Waals surface area contributed by atoms with Crippen LogP contribution in [0.1, 0.15) is 0 Å². The Hall–Kier alpha value is -6.12. The van der Waals surface area contributed by atoms with Crippen molar-refractivity contribution in [3.8, 4) is 55.9 Å². The first-order valence-electron chi connectivity index (χ1n) is 17.4. The summed E-state index contributed by atoms with van der Waals surface area (Å²) in [5, 5.41) is 5.94. The maximum absolute atomic E-state index is 5.25. The molecule has 0 radical (unpaired) electrons. The second-order valence-electron chi connectivity index (χ2n) is 13.0. The zero-order valence-corrected chi connectivity index (χ0v) is 30.5. The minimum Gasteiger partial charge on any atom is -0.236 e. The first-order chi connectivity index (χ1) is 26.2. The van der Waals surface area contributed by atoms with Gasteiger partial charge in [0.1, 0.15) is 5.01 Å². The Morgan fingerprint density at radius 1 is 0.340 bits per heavy atom. The number of benzene rings is 7. The topological polar surface area (TPSA) is 51.6 Å². The zero-order valence-electron chi connectivity index (χ0n) is 28.0. The van der Waals surface area contributed by atoms with Gasteiger partial charge in [-0.2, -0.15) is 0 Å². The molecule has 4 aromatic heterocycles. The summed E-state index contributed by atoms with van der Waals surface area (Å²) in [5.74, 6) is 1.95. The third kappa shape index (κ3) is 5.08. The third-order valence-corrected chi connectivity index (χ3v) is 13.3. The van der Waals surface area contributed by atoms with Crippen LogP contribution in [0, 0.1) is 0 Å². The molecule has 7 aromatic carbocycles. The number of hydrogen-bond acceptors (Lipinski definition) is 7. The number of aromatic nitrogens is 4. The third-order valence-electron chi connectivity index (χ3n) is 9.79. The highest BCUT2D eigenvalue weighted by molar-refractivity contribution is 7.27. The predicted molar refractivity (Wildman–Crippen MR) is 226 cm³/mol. The molecule has 0 amide bonds. The number of thiazole rings is 1. The number of hydrogen-bond donors (Lipinski definition) is 0. The summed E-state index contributed by atoms with van der Waals surface area (Å²) < 4.78 is 6.18. The molecule has 0 saturated heterocycles. The van der Waals surface area contributed by atoms with Gasteiger partial charge in [-0.15, -0.1) is 34.0 Å². The molecule has 11 rings (SSSR count). The van der Waals surface area contributed by atoms with Crippen LogP contribution in [-0.2, 0) is 0 Å².